The standard InChI is InChI=1S/C16H24N2O6/c1-11-9-12(5-6-13(11)18(22)23)14(20)10-17(7-8-19)15(21)24-16(2,3)4/h5-6,9,14,19-20H,7-8,10H2,1-4H3/t14-/m0/s1. The maximum absolute atomic E-state index is 12.1. The number of hydrogen-bond donors (Lipinski definition) is 2. The average molecular weight is 340 g/mol. The Balaban J connectivity index is 2.88. The van der Waals surface area contributed by atoms with Crippen molar-refractivity contribution in [1.82, 2.24) is 4.90 Å². The number of nitrogens with zero attached hydrogens (tertiary/aromatic N) is 2. The third kappa shape index (κ3) is 5.78. The first-order valence-corrected chi connectivity index (χ1v) is 7.57. The molecule has 24 heavy (non-hydrogen) atoms. The van der Waals surface area contributed by atoms with Crippen molar-refractivity contribution < 1.29 is 24.7 Å². The number of aryl methyl sites for hydroxylation is 1. The molecular weight excluding hydrogens is 316 g/mol. The molecule has 0 unspecified atom stereocenters. The van der Waals surface area contributed by atoms with Gasteiger partial charge in [0.05, 0.1) is 24.2 Å². The SMILES string of the molecule is Cc1cc([C@@H](O)CN(CCO)C(=O)OC(C)(C)C)ccc1[N+](=O)[O-]. The van der Waals surface area contributed by atoms with Gasteiger partial charge in [0.25, 0.3) is 5.69 Å². The molecule has 2 N–H and O–H groups in total. The number of hydrogen-bond acceptors (Lipinski definition) is 6. The number of aliphatic hydroxyl groups excluding tert-OH is 2. The summed E-state index contributed by atoms with van der Waals surface area (Å²) in [5.74, 6) is 0. The van der Waals surface area contributed by atoms with Crippen LogP contribution >= 0.6 is 0 Å². The molecule has 0 aliphatic rings. The second-order valence-electron chi connectivity index (χ2n) is 6.47. The molecule has 0 spiro atoms. The molecule has 8 nitrogen and oxygen atoms in total. The van der Waals surface area contributed by atoms with Crippen LogP contribution in [-0.2, 0) is 4.74 Å². The number of nitro benzene ring substituents is 1. The lowest BCUT2D eigenvalue weighted by Crippen LogP contribution is -2.40. The van der Waals surface area contributed by atoms with E-state index in [1.54, 1.807) is 27.7 Å². The van der Waals surface area contributed by atoms with Gasteiger partial charge in [-0.15, -0.1) is 0 Å². The minimum absolute atomic E-state index is 0.0118. The van der Waals surface area contributed by atoms with Crippen molar-refractivity contribution in [2.45, 2.75) is 39.4 Å². The summed E-state index contributed by atoms with van der Waals surface area (Å²) in [6.07, 6.45) is -1.70. The fourth-order valence-corrected chi connectivity index (χ4v) is 2.11. The number of ether oxygens (including phenoxy) is 1. The second kappa shape index (κ2) is 8.07. The fraction of sp³-hybridized carbons (Fsp3) is 0.562. The van der Waals surface area contributed by atoms with Gasteiger partial charge in [0, 0.05) is 18.2 Å². The van der Waals surface area contributed by atoms with Crippen molar-refractivity contribution in [1.29, 1.82) is 0 Å². The smallest absolute Gasteiger partial charge is 0.410 e. The van der Waals surface area contributed by atoms with Crippen LogP contribution in [0.25, 0.3) is 0 Å². The van der Waals surface area contributed by atoms with E-state index < -0.39 is 22.7 Å². The van der Waals surface area contributed by atoms with Crippen LogP contribution in [0.3, 0.4) is 0 Å². The molecule has 1 amide bonds. The Morgan fingerprint density at radius 2 is 2.04 bits per heavy atom. The van der Waals surface area contributed by atoms with Crippen LogP contribution in [0.4, 0.5) is 10.5 Å². The molecule has 1 atom stereocenters. The molecule has 1 rings (SSSR count). The summed E-state index contributed by atoms with van der Waals surface area (Å²) in [6, 6.07) is 4.27. The first-order chi connectivity index (χ1) is 11.0. The number of benzene rings is 1. The molecule has 8 heteroatoms. The first-order valence-electron chi connectivity index (χ1n) is 7.57. The first kappa shape index (κ1) is 19.9. The molecule has 0 saturated carbocycles. The summed E-state index contributed by atoms with van der Waals surface area (Å²) < 4.78 is 5.24. The largest absolute Gasteiger partial charge is 0.444 e. The van der Waals surface area contributed by atoms with Gasteiger partial charge < -0.3 is 19.8 Å². The molecule has 0 aliphatic carbocycles. The van der Waals surface area contributed by atoms with Gasteiger partial charge in [-0.05, 0) is 45.4 Å². The second-order valence-corrected chi connectivity index (χ2v) is 6.47. The fourth-order valence-electron chi connectivity index (χ4n) is 2.11. The number of amides is 1. The maximum atomic E-state index is 12.1. The minimum Gasteiger partial charge on any atom is -0.444 e. The van der Waals surface area contributed by atoms with Crippen molar-refractivity contribution >= 4 is 11.8 Å². The summed E-state index contributed by atoms with van der Waals surface area (Å²) >= 11 is 0. The average Bonchev–Trinajstić information content (AvgIpc) is 2.44. The number of nitro groups is 1. The summed E-state index contributed by atoms with van der Waals surface area (Å²) in [7, 11) is 0. The van der Waals surface area contributed by atoms with Crippen molar-refractivity contribution in [3.63, 3.8) is 0 Å². The van der Waals surface area contributed by atoms with E-state index >= 15 is 0 Å². The summed E-state index contributed by atoms with van der Waals surface area (Å²) in [4.78, 5) is 23.7. The van der Waals surface area contributed by atoms with E-state index in [9.17, 15) is 20.0 Å². The van der Waals surface area contributed by atoms with Gasteiger partial charge in [-0.2, -0.15) is 0 Å². The van der Waals surface area contributed by atoms with Gasteiger partial charge in [-0.1, -0.05) is 0 Å². The normalized spacial score (nSPS) is 12.6. The summed E-state index contributed by atoms with van der Waals surface area (Å²) in [5, 5.41) is 30.3. The van der Waals surface area contributed by atoms with E-state index in [-0.39, 0.29) is 25.4 Å². The van der Waals surface area contributed by atoms with Gasteiger partial charge in [0.2, 0.25) is 0 Å². The van der Waals surface area contributed by atoms with Crippen LogP contribution in [0.5, 0.6) is 0 Å². The van der Waals surface area contributed by atoms with E-state index in [2.05, 4.69) is 0 Å². The highest BCUT2D eigenvalue weighted by molar-refractivity contribution is 5.68. The number of carbonyl (C=O) groups excluding carboxylic acids is 1. The van der Waals surface area contributed by atoms with Crippen LogP contribution in [0.1, 0.15) is 38.0 Å². The quantitative estimate of drug-likeness (QED) is 0.606. The summed E-state index contributed by atoms with van der Waals surface area (Å²) in [6.45, 7) is 6.39. The highest BCUT2D eigenvalue weighted by Crippen LogP contribution is 2.23. The van der Waals surface area contributed by atoms with Gasteiger partial charge in [-0.25, -0.2) is 4.79 Å². The van der Waals surface area contributed by atoms with Crippen LogP contribution in [0, 0.1) is 17.0 Å². The lowest BCUT2D eigenvalue weighted by molar-refractivity contribution is -0.385. The van der Waals surface area contributed by atoms with Gasteiger partial charge in [0.1, 0.15) is 5.60 Å². The molecule has 0 saturated heterocycles. The van der Waals surface area contributed by atoms with Crippen LogP contribution in [-0.4, -0.2) is 51.4 Å². The van der Waals surface area contributed by atoms with E-state index in [0.29, 0.717) is 11.1 Å². The molecule has 0 radical (unpaired) electrons. The third-order valence-electron chi connectivity index (χ3n) is 3.22. The number of aliphatic hydroxyl groups is 2. The van der Waals surface area contributed by atoms with Crippen LogP contribution in [0.2, 0.25) is 0 Å². The Kier molecular flexibility index (Phi) is 6.68. The maximum Gasteiger partial charge on any atom is 0.410 e. The summed E-state index contributed by atoms with van der Waals surface area (Å²) in [5.41, 5.74) is 0.136. The predicted molar refractivity (Wildman–Crippen MR) is 87.7 cm³/mol. The Morgan fingerprint density at radius 1 is 1.42 bits per heavy atom. The lowest BCUT2D eigenvalue weighted by Gasteiger charge is -2.28. The molecule has 0 bridgehead atoms. The number of carbonyl (C=O) groups is 1. The van der Waals surface area contributed by atoms with Crippen molar-refractivity contribution in [3.05, 3.63) is 39.4 Å². The molecule has 0 heterocycles. The van der Waals surface area contributed by atoms with E-state index in [4.69, 9.17) is 9.84 Å². The van der Waals surface area contributed by atoms with Gasteiger partial charge in [-0.3, -0.25) is 10.1 Å². The molecule has 0 fully saturated rings. The van der Waals surface area contributed by atoms with Gasteiger partial charge in [0.15, 0.2) is 0 Å². The Labute approximate surface area is 140 Å². The Morgan fingerprint density at radius 3 is 2.50 bits per heavy atom. The Bertz CT molecular complexity index is 597. The Hall–Kier alpha value is -2.19. The van der Waals surface area contributed by atoms with Gasteiger partial charge >= 0.3 is 6.09 Å². The van der Waals surface area contributed by atoms with Crippen molar-refractivity contribution in [2.24, 2.45) is 0 Å². The lowest BCUT2D eigenvalue weighted by atomic mass is 10.0. The minimum atomic E-state index is -1.05. The molecule has 134 valence electrons. The van der Waals surface area contributed by atoms with Crippen LogP contribution in [0.15, 0.2) is 18.2 Å². The van der Waals surface area contributed by atoms with Crippen LogP contribution < -0.4 is 0 Å². The molecule has 1 aromatic rings. The molecule has 1 aromatic carbocycles. The zero-order valence-electron chi connectivity index (χ0n) is 14.4. The van der Waals surface area contributed by atoms with E-state index in [1.165, 1.54) is 23.1 Å². The third-order valence-corrected chi connectivity index (χ3v) is 3.22. The topological polar surface area (TPSA) is 113 Å². The monoisotopic (exact) mass is 340 g/mol. The zero-order valence-corrected chi connectivity index (χ0v) is 14.4. The number of rotatable bonds is 6. The van der Waals surface area contributed by atoms with E-state index in [1.807, 2.05) is 0 Å². The highest BCUT2D eigenvalue weighted by Gasteiger charge is 2.24. The predicted octanol–water partition coefficient (Wildman–Crippen LogP) is 2.17. The van der Waals surface area contributed by atoms with E-state index in [0.717, 1.165) is 0 Å². The van der Waals surface area contributed by atoms with Crippen molar-refractivity contribution in [2.75, 3.05) is 19.7 Å². The highest BCUT2D eigenvalue weighted by atomic mass is 16.6. The molecular formula is C16H24N2O6. The molecule has 0 aromatic heterocycles. The van der Waals surface area contributed by atoms with Crippen molar-refractivity contribution in [3.8, 4) is 0 Å². The molecule has 0 aliphatic heterocycles. The zero-order chi connectivity index (χ0) is 18.5.